The highest BCUT2D eigenvalue weighted by molar-refractivity contribution is 5.37. The van der Waals surface area contributed by atoms with E-state index in [1.807, 2.05) is 12.1 Å². The summed E-state index contributed by atoms with van der Waals surface area (Å²) in [6.45, 7) is 0.122. The minimum absolute atomic E-state index is 0.122. The van der Waals surface area contributed by atoms with E-state index in [2.05, 4.69) is 10.2 Å². The van der Waals surface area contributed by atoms with Gasteiger partial charge in [0.05, 0.1) is 5.56 Å². The van der Waals surface area contributed by atoms with Gasteiger partial charge in [-0.3, -0.25) is 4.40 Å². The molecule has 108 valence electrons. The zero-order valence-electron chi connectivity index (χ0n) is 10.7. The minimum Gasteiger partial charge on any atom is -0.486 e. The van der Waals surface area contributed by atoms with E-state index < -0.39 is 11.7 Å². The molecule has 0 aliphatic carbocycles. The zero-order chi connectivity index (χ0) is 14.9. The van der Waals surface area contributed by atoms with Crippen LogP contribution >= 0.6 is 0 Å². The SMILES string of the molecule is FC(F)(F)c1ccc(OCc2nnc3ccccn23)cc1. The molecular weight excluding hydrogens is 283 g/mol. The molecule has 0 aliphatic rings. The van der Waals surface area contributed by atoms with E-state index in [0.29, 0.717) is 17.2 Å². The van der Waals surface area contributed by atoms with Crippen molar-refractivity contribution in [3.05, 3.63) is 60.0 Å². The van der Waals surface area contributed by atoms with E-state index in [1.54, 1.807) is 16.7 Å². The van der Waals surface area contributed by atoms with Gasteiger partial charge < -0.3 is 4.74 Å². The van der Waals surface area contributed by atoms with Gasteiger partial charge >= 0.3 is 6.18 Å². The third-order valence-corrected chi connectivity index (χ3v) is 2.93. The lowest BCUT2D eigenvalue weighted by atomic mass is 10.2. The monoisotopic (exact) mass is 293 g/mol. The number of nitrogens with zero attached hydrogens (tertiary/aromatic N) is 3. The maximum absolute atomic E-state index is 12.4. The first kappa shape index (κ1) is 13.4. The Labute approximate surface area is 117 Å². The van der Waals surface area contributed by atoms with E-state index in [1.165, 1.54) is 12.1 Å². The van der Waals surface area contributed by atoms with Crippen LogP contribution in [-0.4, -0.2) is 14.6 Å². The highest BCUT2D eigenvalue weighted by Crippen LogP contribution is 2.30. The first-order chi connectivity index (χ1) is 10.0. The summed E-state index contributed by atoms with van der Waals surface area (Å²) < 4.78 is 44.5. The molecule has 0 spiro atoms. The molecule has 0 unspecified atom stereocenters. The van der Waals surface area contributed by atoms with Crippen LogP contribution in [0, 0.1) is 0 Å². The molecule has 3 aromatic rings. The van der Waals surface area contributed by atoms with Crippen molar-refractivity contribution in [2.24, 2.45) is 0 Å². The van der Waals surface area contributed by atoms with Gasteiger partial charge in [-0.2, -0.15) is 13.2 Å². The number of aromatic nitrogens is 3. The van der Waals surface area contributed by atoms with Gasteiger partial charge in [0, 0.05) is 6.20 Å². The fourth-order valence-corrected chi connectivity index (χ4v) is 1.88. The Balaban J connectivity index is 1.73. The van der Waals surface area contributed by atoms with Gasteiger partial charge in [0.1, 0.15) is 12.4 Å². The number of hydrogen-bond acceptors (Lipinski definition) is 3. The summed E-state index contributed by atoms with van der Waals surface area (Å²) in [5, 5.41) is 7.94. The standard InChI is InChI=1S/C14H10F3N3O/c15-14(16,17)10-4-6-11(7-5-10)21-9-13-19-18-12-3-1-2-8-20(12)13/h1-8H,9H2. The average molecular weight is 293 g/mol. The molecule has 0 N–H and O–H groups in total. The molecule has 0 bridgehead atoms. The predicted molar refractivity (Wildman–Crippen MR) is 68.8 cm³/mol. The van der Waals surface area contributed by atoms with Crippen molar-refractivity contribution in [1.82, 2.24) is 14.6 Å². The van der Waals surface area contributed by atoms with E-state index in [4.69, 9.17) is 4.74 Å². The summed E-state index contributed by atoms with van der Waals surface area (Å²) in [5.74, 6) is 0.918. The van der Waals surface area contributed by atoms with Crippen molar-refractivity contribution in [2.45, 2.75) is 12.8 Å². The van der Waals surface area contributed by atoms with Gasteiger partial charge in [-0.1, -0.05) is 6.07 Å². The zero-order valence-corrected chi connectivity index (χ0v) is 10.7. The van der Waals surface area contributed by atoms with Crippen LogP contribution in [0.4, 0.5) is 13.2 Å². The van der Waals surface area contributed by atoms with Crippen LogP contribution in [-0.2, 0) is 12.8 Å². The van der Waals surface area contributed by atoms with Gasteiger partial charge in [0.15, 0.2) is 11.5 Å². The lowest BCUT2D eigenvalue weighted by molar-refractivity contribution is -0.137. The Hall–Kier alpha value is -2.57. The van der Waals surface area contributed by atoms with E-state index in [-0.39, 0.29) is 6.61 Å². The summed E-state index contributed by atoms with van der Waals surface area (Å²) >= 11 is 0. The first-order valence-electron chi connectivity index (χ1n) is 6.13. The average Bonchev–Trinajstić information content (AvgIpc) is 2.88. The van der Waals surface area contributed by atoms with E-state index >= 15 is 0 Å². The van der Waals surface area contributed by atoms with Crippen molar-refractivity contribution in [1.29, 1.82) is 0 Å². The highest BCUT2D eigenvalue weighted by Gasteiger charge is 2.30. The summed E-state index contributed by atoms with van der Waals surface area (Å²) in [6.07, 6.45) is -2.55. The number of ether oxygens (including phenoxy) is 1. The molecular formula is C14H10F3N3O. The van der Waals surface area contributed by atoms with Crippen LogP contribution in [0.15, 0.2) is 48.7 Å². The Morgan fingerprint density at radius 2 is 1.76 bits per heavy atom. The van der Waals surface area contributed by atoms with Crippen LogP contribution in [0.3, 0.4) is 0 Å². The normalized spacial score (nSPS) is 11.8. The second kappa shape index (κ2) is 5.08. The molecule has 0 saturated carbocycles. The number of hydrogen-bond donors (Lipinski definition) is 0. The van der Waals surface area contributed by atoms with Crippen LogP contribution < -0.4 is 4.74 Å². The molecule has 0 atom stereocenters. The largest absolute Gasteiger partial charge is 0.486 e. The van der Waals surface area contributed by atoms with Gasteiger partial charge in [-0.25, -0.2) is 0 Å². The van der Waals surface area contributed by atoms with Crippen molar-refractivity contribution in [3.63, 3.8) is 0 Å². The molecule has 7 heteroatoms. The number of pyridine rings is 1. The molecule has 3 rings (SSSR count). The Kier molecular flexibility index (Phi) is 3.25. The lowest BCUT2D eigenvalue weighted by Gasteiger charge is -2.08. The fraction of sp³-hybridized carbons (Fsp3) is 0.143. The fourth-order valence-electron chi connectivity index (χ4n) is 1.88. The van der Waals surface area contributed by atoms with Crippen LogP contribution in [0.25, 0.3) is 5.65 Å². The minimum atomic E-state index is -4.35. The van der Waals surface area contributed by atoms with Crippen molar-refractivity contribution in [2.75, 3.05) is 0 Å². The molecule has 1 aromatic carbocycles. The van der Waals surface area contributed by atoms with Gasteiger partial charge in [-0.05, 0) is 36.4 Å². The second-order valence-electron chi connectivity index (χ2n) is 4.36. The van der Waals surface area contributed by atoms with Crippen molar-refractivity contribution < 1.29 is 17.9 Å². The summed E-state index contributed by atoms with van der Waals surface area (Å²) in [7, 11) is 0. The van der Waals surface area contributed by atoms with Crippen LogP contribution in [0.1, 0.15) is 11.4 Å². The number of benzene rings is 1. The smallest absolute Gasteiger partial charge is 0.416 e. The van der Waals surface area contributed by atoms with Crippen molar-refractivity contribution in [3.8, 4) is 5.75 Å². The first-order valence-corrected chi connectivity index (χ1v) is 6.13. The summed E-state index contributed by atoms with van der Waals surface area (Å²) in [4.78, 5) is 0. The number of alkyl halides is 3. The molecule has 2 heterocycles. The van der Waals surface area contributed by atoms with E-state index in [9.17, 15) is 13.2 Å². The second-order valence-corrected chi connectivity index (χ2v) is 4.36. The van der Waals surface area contributed by atoms with Gasteiger partial charge in [-0.15, -0.1) is 10.2 Å². The van der Waals surface area contributed by atoms with E-state index in [0.717, 1.165) is 12.1 Å². The molecule has 0 amide bonds. The molecule has 2 aromatic heterocycles. The maximum Gasteiger partial charge on any atom is 0.416 e. The molecule has 0 aliphatic heterocycles. The predicted octanol–water partition coefficient (Wildman–Crippen LogP) is 3.33. The number of halogens is 3. The quantitative estimate of drug-likeness (QED) is 0.743. The molecule has 0 radical (unpaired) electrons. The van der Waals surface area contributed by atoms with Gasteiger partial charge in [0.2, 0.25) is 0 Å². The Bertz CT molecular complexity index is 750. The number of fused-ring (bicyclic) bond motifs is 1. The summed E-state index contributed by atoms with van der Waals surface area (Å²) in [6, 6.07) is 10.0. The third-order valence-electron chi connectivity index (χ3n) is 2.93. The summed E-state index contributed by atoms with van der Waals surface area (Å²) in [5.41, 5.74) is -0.0219. The number of rotatable bonds is 3. The van der Waals surface area contributed by atoms with Crippen LogP contribution in [0.2, 0.25) is 0 Å². The molecule has 0 saturated heterocycles. The molecule has 4 nitrogen and oxygen atoms in total. The highest BCUT2D eigenvalue weighted by atomic mass is 19.4. The van der Waals surface area contributed by atoms with Gasteiger partial charge in [0.25, 0.3) is 0 Å². The molecule has 21 heavy (non-hydrogen) atoms. The third kappa shape index (κ3) is 2.81. The topological polar surface area (TPSA) is 39.4 Å². The van der Waals surface area contributed by atoms with Crippen LogP contribution in [0.5, 0.6) is 5.75 Å². The Morgan fingerprint density at radius 3 is 2.48 bits per heavy atom. The molecule has 0 fully saturated rings. The van der Waals surface area contributed by atoms with Crippen molar-refractivity contribution >= 4 is 5.65 Å². The Morgan fingerprint density at radius 1 is 1.00 bits per heavy atom. The maximum atomic E-state index is 12.4. The lowest BCUT2D eigenvalue weighted by Crippen LogP contribution is -2.05.